The first-order valence-corrected chi connectivity index (χ1v) is 10.4. The number of carbonyl (C=O) groups is 1. The molecule has 6 N–H and O–H groups in total. The normalized spacial score (nSPS) is 19.3. The lowest BCUT2D eigenvalue weighted by molar-refractivity contribution is -0.117. The average Bonchev–Trinajstić information content (AvgIpc) is 3.35. The zero-order valence-corrected chi connectivity index (χ0v) is 18.4. The van der Waals surface area contributed by atoms with Crippen LogP contribution in [0, 0.1) is 11.3 Å². The van der Waals surface area contributed by atoms with E-state index >= 15 is 0 Å². The van der Waals surface area contributed by atoms with Crippen LogP contribution in [0.15, 0.2) is 35.7 Å². The molecule has 168 valence electrons. The van der Waals surface area contributed by atoms with Crippen molar-refractivity contribution in [1.82, 2.24) is 5.32 Å². The van der Waals surface area contributed by atoms with E-state index in [0.29, 0.717) is 33.8 Å². The van der Waals surface area contributed by atoms with Gasteiger partial charge in [-0.2, -0.15) is 5.26 Å². The number of allylic oxidation sites excluding steroid dienone is 1. The second-order valence-corrected chi connectivity index (χ2v) is 7.85. The number of ether oxygens (including phenoxy) is 3. The molecular formula is C23H24BN5O4. The van der Waals surface area contributed by atoms with Gasteiger partial charge in [0.15, 0.2) is 17.2 Å². The Morgan fingerprint density at radius 3 is 2.73 bits per heavy atom. The van der Waals surface area contributed by atoms with E-state index in [9.17, 15) is 10.1 Å². The molecule has 1 amide bonds. The average molecular weight is 445 g/mol. The van der Waals surface area contributed by atoms with Crippen molar-refractivity contribution in [2.24, 2.45) is 5.73 Å². The molecule has 2 heterocycles. The summed E-state index contributed by atoms with van der Waals surface area (Å²) >= 11 is 0. The fourth-order valence-corrected chi connectivity index (χ4v) is 4.31. The van der Waals surface area contributed by atoms with E-state index in [1.165, 1.54) is 14.2 Å². The number of nitrogens with two attached hydrogens (primary N) is 2. The molecule has 33 heavy (non-hydrogen) atoms. The molecule has 2 aromatic carbocycles. The van der Waals surface area contributed by atoms with Gasteiger partial charge in [0.05, 0.1) is 37.6 Å². The van der Waals surface area contributed by atoms with E-state index in [2.05, 4.69) is 16.7 Å². The lowest BCUT2D eigenvalue weighted by Gasteiger charge is -2.29. The van der Waals surface area contributed by atoms with Crippen LogP contribution in [0.4, 0.5) is 11.4 Å². The molecular weight excluding hydrogens is 421 g/mol. The van der Waals surface area contributed by atoms with Gasteiger partial charge in [0.2, 0.25) is 11.8 Å². The van der Waals surface area contributed by atoms with Crippen molar-refractivity contribution in [3.8, 4) is 23.3 Å². The smallest absolute Gasteiger partial charge is 0.241 e. The second-order valence-electron chi connectivity index (χ2n) is 7.85. The Kier molecular flexibility index (Phi) is 6.07. The van der Waals surface area contributed by atoms with Gasteiger partial charge in [-0.3, -0.25) is 4.79 Å². The van der Waals surface area contributed by atoms with Crippen LogP contribution >= 0.6 is 0 Å². The zero-order chi connectivity index (χ0) is 23.7. The topological polar surface area (TPSA) is 145 Å². The number of anilines is 2. The number of nitrogens with zero attached hydrogens (tertiary/aromatic N) is 1. The van der Waals surface area contributed by atoms with Crippen LogP contribution in [0.25, 0.3) is 0 Å². The maximum atomic E-state index is 12.6. The summed E-state index contributed by atoms with van der Waals surface area (Å²) in [6.07, 6.45) is 1.70. The molecule has 2 aliphatic heterocycles. The molecule has 2 aromatic rings. The number of amides is 1. The van der Waals surface area contributed by atoms with Gasteiger partial charge in [-0.15, -0.1) is 0 Å². The molecule has 1 fully saturated rings. The first-order chi connectivity index (χ1) is 15.9. The summed E-state index contributed by atoms with van der Waals surface area (Å²) in [5, 5.41) is 15.8. The van der Waals surface area contributed by atoms with Crippen molar-refractivity contribution in [2.45, 2.75) is 24.8 Å². The molecule has 0 aromatic heterocycles. The summed E-state index contributed by atoms with van der Waals surface area (Å²) in [6, 6.07) is 8.74. The lowest BCUT2D eigenvalue weighted by atomic mass is 9.80. The second kappa shape index (κ2) is 8.96. The quantitative estimate of drug-likeness (QED) is 0.394. The summed E-state index contributed by atoms with van der Waals surface area (Å²) in [5.41, 5.74) is 14.9. The molecule has 0 bridgehead atoms. The minimum atomic E-state index is -0.607. The Morgan fingerprint density at radius 2 is 2.09 bits per heavy atom. The van der Waals surface area contributed by atoms with Crippen LogP contribution in [0.5, 0.6) is 17.2 Å². The molecule has 1 saturated heterocycles. The molecule has 0 spiro atoms. The molecule has 0 saturated carbocycles. The van der Waals surface area contributed by atoms with Gasteiger partial charge in [-0.05, 0) is 37.1 Å². The minimum absolute atomic E-state index is 0.0732. The summed E-state index contributed by atoms with van der Waals surface area (Å²) in [7, 11) is 9.17. The van der Waals surface area contributed by atoms with Crippen molar-refractivity contribution in [3.05, 3.63) is 46.8 Å². The van der Waals surface area contributed by atoms with Gasteiger partial charge in [-0.25, -0.2) is 0 Å². The van der Waals surface area contributed by atoms with Crippen molar-refractivity contribution < 1.29 is 19.0 Å². The standard InChI is InChI=1S/C23H24BN5O4/c1-31-17-9-11(8-14(24)21(17)32-2)18-12-5-6-15(29-23(30)16-4-3-7-28-16)19(26)20(12)33-22(27)13(18)10-25/h5-6,8-9,16,18,28H,3-4,7,26-27H2,1-2H3,(H,29,30). The molecule has 10 heteroatoms. The summed E-state index contributed by atoms with van der Waals surface area (Å²) in [6.45, 7) is 0.801. The number of methoxy groups -OCH3 is 2. The number of rotatable bonds is 5. The van der Waals surface area contributed by atoms with Crippen molar-refractivity contribution in [2.75, 3.05) is 31.8 Å². The number of benzene rings is 2. The molecule has 2 radical (unpaired) electrons. The van der Waals surface area contributed by atoms with Gasteiger partial charge in [0.25, 0.3) is 0 Å². The van der Waals surface area contributed by atoms with Crippen molar-refractivity contribution in [1.29, 1.82) is 5.26 Å². The Bertz CT molecular complexity index is 1180. The highest BCUT2D eigenvalue weighted by Crippen LogP contribution is 2.47. The zero-order valence-electron chi connectivity index (χ0n) is 18.4. The van der Waals surface area contributed by atoms with Crippen molar-refractivity contribution in [3.63, 3.8) is 0 Å². The third-order valence-corrected chi connectivity index (χ3v) is 5.92. The first-order valence-electron chi connectivity index (χ1n) is 10.4. The lowest BCUT2D eigenvalue weighted by Crippen LogP contribution is -2.35. The van der Waals surface area contributed by atoms with Crippen LogP contribution in [0.1, 0.15) is 29.9 Å². The number of hydrogen-bond acceptors (Lipinski definition) is 8. The highest BCUT2D eigenvalue weighted by Gasteiger charge is 2.34. The SMILES string of the molecule is [B]c1cc(C2C(C#N)=C(N)Oc3c2ccc(NC(=O)C2CCCN2)c3N)cc(OC)c1OC. The van der Waals surface area contributed by atoms with Gasteiger partial charge in [0, 0.05) is 5.56 Å². The van der Waals surface area contributed by atoms with Gasteiger partial charge in [-0.1, -0.05) is 17.6 Å². The molecule has 2 unspecified atom stereocenters. The third-order valence-electron chi connectivity index (χ3n) is 5.92. The van der Waals surface area contributed by atoms with Crippen LogP contribution in [0.2, 0.25) is 0 Å². The fourth-order valence-electron chi connectivity index (χ4n) is 4.31. The molecule has 4 rings (SSSR count). The Balaban J connectivity index is 1.79. The predicted molar refractivity (Wildman–Crippen MR) is 125 cm³/mol. The Hall–Kier alpha value is -3.84. The predicted octanol–water partition coefficient (Wildman–Crippen LogP) is 0.988. The van der Waals surface area contributed by atoms with Crippen LogP contribution in [-0.4, -0.2) is 40.6 Å². The highest BCUT2D eigenvalue weighted by atomic mass is 16.5. The highest BCUT2D eigenvalue weighted by molar-refractivity contribution is 6.34. The molecule has 0 aliphatic carbocycles. The Labute approximate surface area is 193 Å². The third kappa shape index (κ3) is 3.92. The minimum Gasteiger partial charge on any atom is -0.493 e. The van der Waals surface area contributed by atoms with Crippen LogP contribution < -0.4 is 41.8 Å². The van der Waals surface area contributed by atoms with Crippen LogP contribution in [0.3, 0.4) is 0 Å². The van der Waals surface area contributed by atoms with Crippen molar-refractivity contribution >= 4 is 30.6 Å². The van der Waals surface area contributed by atoms with Crippen LogP contribution in [-0.2, 0) is 4.79 Å². The number of nitrogens with one attached hydrogen (secondary N) is 2. The number of carbonyl (C=O) groups excluding carboxylic acids is 1. The number of fused-ring (bicyclic) bond motifs is 1. The summed E-state index contributed by atoms with van der Waals surface area (Å²) in [5.74, 6) is 0.238. The molecule has 9 nitrogen and oxygen atoms in total. The van der Waals surface area contributed by atoms with Gasteiger partial charge in [0.1, 0.15) is 19.5 Å². The van der Waals surface area contributed by atoms with E-state index in [-0.39, 0.29) is 34.8 Å². The molecule has 2 atom stereocenters. The number of nitriles is 1. The maximum absolute atomic E-state index is 12.6. The van der Waals surface area contributed by atoms with E-state index < -0.39 is 5.92 Å². The van der Waals surface area contributed by atoms with Gasteiger partial charge < -0.3 is 36.3 Å². The Morgan fingerprint density at radius 1 is 1.30 bits per heavy atom. The number of nitrogen functional groups attached to an aromatic ring is 1. The van der Waals surface area contributed by atoms with Gasteiger partial charge >= 0.3 is 0 Å². The fraction of sp³-hybridized carbons (Fsp3) is 0.304. The van der Waals surface area contributed by atoms with E-state index in [4.69, 9.17) is 33.5 Å². The largest absolute Gasteiger partial charge is 0.493 e. The summed E-state index contributed by atoms with van der Waals surface area (Å²) in [4.78, 5) is 12.6. The van der Waals surface area contributed by atoms with E-state index in [1.54, 1.807) is 24.3 Å². The summed E-state index contributed by atoms with van der Waals surface area (Å²) < 4.78 is 16.5. The molecule has 2 aliphatic rings. The van der Waals surface area contributed by atoms with E-state index in [1.807, 2.05) is 0 Å². The maximum Gasteiger partial charge on any atom is 0.241 e. The van der Waals surface area contributed by atoms with E-state index in [0.717, 1.165) is 19.4 Å². The monoisotopic (exact) mass is 445 g/mol. The number of hydrogen-bond donors (Lipinski definition) is 4. The first kappa shape index (κ1) is 22.4.